The zero-order valence-corrected chi connectivity index (χ0v) is 13.2. The van der Waals surface area contributed by atoms with Crippen LogP contribution in [0.3, 0.4) is 0 Å². The van der Waals surface area contributed by atoms with Crippen molar-refractivity contribution in [2.75, 3.05) is 0 Å². The van der Waals surface area contributed by atoms with E-state index in [2.05, 4.69) is 44.3 Å². The summed E-state index contributed by atoms with van der Waals surface area (Å²) in [6.45, 7) is 7.53. The predicted molar refractivity (Wildman–Crippen MR) is 85.3 cm³/mol. The molecule has 19 heavy (non-hydrogen) atoms. The second-order valence-corrected chi connectivity index (χ2v) is 6.84. The van der Waals surface area contributed by atoms with Gasteiger partial charge in [0.1, 0.15) is 0 Å². The molecule has 0 fully saturated rings. The highest BCUT2D eigenvalue weighted by Crippen LogP contribution is 2.20. The van der Waals surface area contributed by atoms with Crippen LogP contribution in [0.15, 0.2) is 30.3 Å². The van der Waals surface area contributed by atoms with E-state index in [0.29, 0.717) is 6.04 Å². The van der Waals surface area contributed by atoms with Crippen LogP contribution in [0.4, 0.5) is 0 Å². The Labute approximate surface area is 124 Å². The van der Waals surface area contributed by atoms with E-state index in [9.17, 15) is 0 Å². The molecule has 1 aromatic carbocycles. The SMILES string of the molecule is Cc1cc(CNC(C)Cc2ccc(Cl)cc2)sc1C. The maximum atomic E-state index is 5.89. The van der Waals surface area contributed by atoms with Crippen LogP contribution in [-0.2, 0) is 13.0 Å². The van der Waals surface area contributed by atoms with E-state index >= 15 is 0 Å². The Morgan fingerprint density at radius 3 is 2.47 bits per heavy atom. The first kappa shape index (κ1) is 14.6. The van der Waals surface area contributed by atoms with Crippen molar-refractivity contribution >= 4 is 22.9 Å². The lowest BCUT2D eigenvalue weighted by Crippen LogP contribution is -2.27. The molecule has 3 heteroatoms. The lowest BCUT2D eigenvalue weighted by molar-refractivity contribution is 0.549. The molecule has 1 heterocycles. The van der Waals surface area contributed by atoms with Crippen LogP contribution in [0.2, 0.25) is 5.02 Å². The molecule has 0 aliphatic carbocycles. The number of hydrogen-bond acceptors (Lipinski definition) is 2. The van der Waals surface area contributed by atoms with Gasteiger partial charge in [0.2, 0.25) is 0 Å². The Kier molecular flexibility index (Phi) is 5.03. The average molecular weight is 294 g/mol. The van der Waals surface area contributed by atoms with Crippen LogP contribution in [0, 0.1) is 13.8 Å². The van der Waals surface area contributed by atoms with Crippen molar-refractivity contribution in [2.24, 2.45) is 0 Å². The molecule has 2 rings (SSSR count). The second kappa shape index (κ2) is 6.56. The average Bonchev–Trinajstić information content (AvgIpc) is 2.69. The lowest BCUT2D eigenvalue weighted by Gasteiger charge is -2.13. The summed E-state index contributed by atoms with van der Waals surface area (Å²) in [4.78, 5) is 2.83. The number of rotatable bonds is 5. The quantitative estimate of drug-likeness (QED) is 0.839. The van der Waals surface area contributed by atoms with Crippen LogP contribution in [-0.4, -0.2) is 6.04 Å². The third kappa shape index (κ3) is 4.34. The molecule has 0 spiro atoms. The molecule has 1 N–H and O–H groups in total. The summed E-state index contributed by atoms with van der Waals surface area (Å²) in [6.07, 6.45) is 1.03. The Morgan fingerprint density at radius 2 is 1.89 bits per heavy atom. The molecule has 0 amide bonds. The van der Waals surface area contributed by atoms with Gasteiger partial charge in [-0.1, -0.05) is 23.7 Å². The van der Waals surface area contributed by atoms with Gasteiger partial charge in [-0.15, -0.1) is 11.3 Å². The van der Waals surface area contributed by atoms with Gasteiger partial charge in [-0.25, -0.2) is 0 Å². The molecule has 0 bridgehead atoms. The fourth-order valence-electron chi connectivity index (χ4n) is 2.06. The van der Waals surface area contributed by atoms with E-state index in [1.165, 1.54) is 20.9 Å². The molecule has 1 aromatic heterocycles. The molecule has 0 saturated heterocycles. The van der Waals surface area contributed by atoms with Crippen LogP contribution in [0.5, 0.6) is 0 Å². The van der Waals surface area contributed by atoms with Gasteiger partial charge in [0.15, 0.2) is 0 Å². The number of benzene rings is 1. The van der Waals surface area contributed by atoms with Crippen molar-refractivity contribution in [3.63, 3.8) is 0 Å². The van der Waals surface area contributed by atoms with Crippen molar-refractivity contribution in [1.82, 2.24) is 5.32 Å². The maximum Gasteiger partial charge on any atom is 0.0406 e. The van der Waals surface area contributed by atoms with Gasteiger partial charge in [0.05, 0.1) is 0 Å². The van der Waals surface area contributed by atoms with Crippen LogP contribution < -0.4 is 5.32 Å². The number of nitrogens with one attached hydrogen (secondary N) is 1. The molecule has 2 aromatic rings. The minimum atomic E-state index is 0.462. The van der Waals surface area contributed by atoms with Crippen molar-refractivity contribution in [3.8, 4) is 0 Å². The van der Waals surface area contributed by atoms with Gasteiger partial charge in [-0.2, -0.15) is 0 Å². The molecule has 1 unspecified atom stereocenters. The monoisotopic (exact) mass is 293 g/mol. The molecule has 1 atom stereocenters. The van der Waals surface area contributed by atoms with E-state index in [0.717, 1.165) is 18.0 Å². The number of hydrogen-bond donors (Lipinski definition) is 1. The summed E-state index contributed by atoms with van der Waals surface area (Å²) >= 11 is 7.78. The fraction of sp³-hybridized carbons (Fsp3) is 0.375. The third-order valence-corrected chi connectivity index (χ3v) is 4.70. The molecule has 1 nitrogen and oxygen atoms in total. The summed E-state index contributed by atoms with van der Waals surface area (Å²) in [5.41, 5.74) is 2.72. The topological polar surface area (TPSA) is 12.0 Å². The largest absolute Gasteiger partial charge is 0.309 e. The van der Waals surface area contributed by atoms with Gasteiger partial charge >= 0.3 is 0 Å². The van der Waals surface area contributed by atoms with Crippen molar-refractivity contribution in [1.29, 1.82) is 0 Å². The summed E-state index contributed by atoms with van der Waals surface area (Å²) in [5.74, 6) is 0. The number of thiophene rings is 1. The summed E-state index contributed by atoms with van der Waals surface area (Å²) in [7, 11) is 0. The lowest BCUT2D eigenvalue weighted by atomic mass is 10.1. The van der Waals surface area contributed by atoms with Gasteiger partial charge in [-0.3, -0.25) is 0 Å². The first-order chi connectivity index (χ1) is 9.04. The first-order valence-corrected chi connectivity index (χ1v) is 7.78. The van der Waals surface area contributed by atoms with Crippen molar-refractivity contribution in [2.45, 2.75) is 39.8 Å². The van der Waals surface area contributed by atoms with E-state index in [1.54, 1.807) is 0 Å². The highest BCUT2D eigenvalue weighted by atomic mass is 35.5. The summed E-state index contributed by atoms with van der Waals surface area (Å²) < 4.78 is 0. The number of aryl methyl sites for hydroxylation is 2. The zero-order chi connectivity index (χ0) is 13.8. The van der Waals surface area contributed by atoms with E-state index in [1.807, 2.05) is 23.5 Å². The highest BCUT2D eigenvalue weighted by molar-refractivity contribution is 7.12. The normalized spacial score (nSPS) is 12.6. The molecule has 102 valence electrons. The Morgan fingerprint density at radius 1 is 1.21 bits per heavy atom. The Bertz CT molecular complexity index is 511. The van der Waals surface area contributed by atoms with Crippen LogP contribution in [0.25, 0.3) is 0 Å². The smallest absolute Gasteiger partial charge is 0.0406 e. The van der Waals surface area contributed by atoms with E-state index in [-0.39, 0.29) is 0 Å². The van der Waals surface area contributed by atoms with E-state index < -0.39 is 0 Å². The minimum absolute atomic E-state index is 0.462. The summed E-state index contributed by atoms with van der Waals surface area (Å²) in [5, 5.41) is 4.38. The molecule has 0 radical (unpaired) electrons. The first-order valence-electron chi connectivity index (χ1n) is 6.58. The van der Waals surface area contributed by atoms with Crippen molar-refractivity contribution in [3.05, 3.63) is 56.2 Å². The van der Waals surface area contributed by atoms with Crippen LogP contribution >= 0.6 is 22.9 Å². The van der Waals surface area contributed by atoms with Gasteiger partial charge in [0, 0.05) is 27.4 Å². The molecule has 0 aliphatic heterocycles. The molecule has 0 aliphatic rings. The molecular weight excluding hydrogens is 274 g/mol. The Balaban J connectivity index is 1.84. The molecule has 0 saturated carbocycles. The fourth-order valence-corrected chi connectivity index (χ4v) is 3.19. The van der Waals surface area contributed by atoms with Crippen LogP contribution in [0.1, 0.15) is 27.8 Å². The maximum absolute atomic E-state index is 5.89. The van der Waals surface area contributed by atoms with Gasteiger partial charge < -0.3 is 5.32 Å². The predicted octanol–water partition coefficient (Wildman–Crippen LogP) is 4.74. The molecular formula is C16H20ClNS. The third-order valence-electron chi connectivity index (χ3n) is 3.30. The van der Waals surface area contributed by atoms with Gasteiger partial charge in [0.25, 0.3) is 0 Å². The van der Waals surface area contributed by atoms with Gasteiger partial charge in [-0.05, 0) is 56.5 Å². The Hall–Kier alpha value is -0.830. The standard InChI is InChI=1S/C16H20ClNS/c1-11-8-16(19-13(11)3)10-18-12(2)9-14-4-6-15(17)7-5-14/h4-8,12,18H,9-10H2,1-3H3. The second-order valence-electron chi connectivity index (χ2n) is 5.06. The highest BCUT2D eigenvalue weighted by Gasteiger charge is 2.06. The van der Waals surface area contributed by atoms with E-state index in [4.69, 9.17) is 11.6 Å². The minimum Gasteiger partial charge on any atom is -0.309 e. The zero-order valence-electron chi connectivity index (χ0n) is 11.7. The summed E-state index contributed by atoms with van der Waals surface area (Å²) in [6, 6.07) is 10.8. The van der Waals surface area contributed by atoms with Crippen molar-refractivity contribution < 1.29 is 0 Å². The number of halogens is 1.